The molecule has 22 heavy (non-hydrogen) atoms. The summed E-state index contributed by atoms with van der Waals surface area (Å²) in [5.41, 5.74) is 2.12. The van der Waals surface area contributed by atoms with Crippen LogP contribution in [0.4, 0.5) is 5.82 Å². The summed E-state index contributed by atoms with van der Waals surface area (Å²) in [5, 5.41) is 3.27. The topological polar surface area (TPSA) is 56.3 Å². The van der Waals surface area contributed by atoms with E-state index in [1.807, 2.05) is 39.0 Å². The smallest absolute Gasteiger partial charge is 0.318 e. The number of ether oxygens (including phenoxy) is 2. The van der Waals surface area contributed by atoms with Crippen LogP contribution >= 0.6 is 0 Å². The van der Waals surface area contributed by atoms with Gasteiger partial charge in [-0.2, -0.15) is 4.98 Å². The fraction of sp³-hybridized carbons (Fsp3) is 0.412. The fourth-order valence-corrected chi connectivity index (χ4v) is 1.85. The zero-order chi connectivity index (χ0) is 16.4. The summed E-state index contributed by atoms with van der Waals surface area (Å²) in [4.78, 5) is 8.40. The number of hydrogen-bond donors (Lipinski definition) is 1. The van der Waals surface area contributed by atoms with E-state index in [1.54, 1.807) is 14.2 Å². The lowest BCUT2D eigenvalue weighted by Gasteiger charge is -2.08. The van der Waals surface area contributed by atoms with Gasteiger partial charge < -0.3 is 14.8 Å². The van der Waals surface area contributed by atoms with Crippen LogP contribution in [0.2, 0.25) is 0 Å². The van der Waals surface area contributed by atoms with Gasteiger partial charge in [0.15, 0.2) is 0 Å². The van der Waals surface area contributed by atoms with Crippen LogP contribution in [0.15, 0.2) is 30.3 Å². The van der Waals surface area contributed by atoms with E-state index < -0.39 is 0 Å². The maximum atomic E-state index is 5.14. The van der Waals surface area contributed by atoms with Crippen molar-refractivity contribution in [3.63, 3.8) is 0 Å². The van der Waals surface area contributed by atoms with E-state index in [1.165, 1.54) is 5.56 Å². The van der Waals surface area contributed by atoms with Crippen molar-refractivity contribution in [3.05, 3.63) is 41.6 Å². The quantitative estimate of drug-likeness (QED) is 0.885. The van der Waals surface area contributed by atoms with E-state index in [9.17, 15) is 0 Å². The first-order valence-electron chi connectivity index (χ1n) is 7.47. The summed E-state index contributed by atoms with van der Waals surface area (Å²) >= 11 is 0. The largest absolute Gasteiger partial charge is 0.497 e. The molecule has 1 aromatic carbocycles. The third kappa shape index (κ3) is 5.60. The first kappa shape index (κ1) is 17.8. The Hall–Kier alpha value is -2.30. The van der Waals surface area contributed by atoms with Gasteiger partial charge in [-0.25, -0.2) is 4.98 Å². The average molecular weight is 303 g/mol. The maximum Gasteiger partial charge on any atom is 0.318 e. The molecule has 0 fully saturated rings. The van der Waals surface area contributed by atoms with Crippen molar-refractivity contribution in [1.82, 2.24) is 9.97 Å². The lowest BCUT2D eigenvalue weighted by atomic mass is 10.1. The van der Waals surface area contributed by atoms with Crippen LogP contribution in [0.5, 0.6) is 11.8 Å². The van der Waals surface area contributed by atoms with Crippen molar-refractivity contribution in [2.24, 2.45) is 0 Å². The van der Waals surface area contributed by atoms with Crippen LogP contribution in [0.25, 0.3) is 0 Å². The molecule has 0 saturated carbocycles. The van der Waals surface area contributed by atoms with Crippen molar-refractivity contribution in [2.75, 3.05) is 26.1 Å². The Morgan fingerprint density at radius 2 is 1.68 bits per heavy atom. The highest BCUT2D eigenvalue weighted by molar-refractivity contribution is 5.37. The molecule has 0 bridgehead atoms. The number of rotatable bonds is 6. The Bertz CT molecular complexity index is 556. The third-order valence-corrected chi connectivity index (χ3v) is 2.90. The fourth-order valence-electron chi connectivity index (χ4n) is 1.85. The van der Waals surface area contributed by atoms with Gasteiger partial charge in [0.1, 0.15) is 11.6 Å². The number of hydrogen-bond acceptors (Lipinski definition) is 5. The van der Waals surface area contributed by atoms with Crippen LogP contribution in [0.3, 0.4) is 0 Å². The molecule has 2 rings (SSSR count). The molecule has 0 saturated heterocycles. The number of aromatic nitrogens is 2. The molecule has 1 N–H and O–H groups in total. The predicted molar refractivity (Wildman–Crippen MR) is 89.9 cm³/mol. The van der Waals surface area contributed by atoms with Gasteiger partial charge >= 0.3 is 6.01 Å². The van der Waals surface area contributed by atoms with Gasteiger partial charge in [0.05, 0.1) is 14.2 Å². The first-order valence-corrected chi connectivity index (χ1v) is 7.47. The zero-order valence-corrected chi connectivity index (χ0v) is 14.0. The van der Waals surface area contributed by atoms with E-state index in [0.717, 1.165) is 30.2 Å². The highest BCUT2D eigenvalue weighted by atomic mass is 16.5. The van der Waals surface area contributed by atoms with Gasteiger partial charge in [-0.15, -0.1) is 0 Å². The minimum atomic E-state index is 0.386. The molecule has 0 atom stereocenters. The van der Waals surface area contributed by atoms with E-state index in [2.05, 4.69) is 27.4 Å². The minimum absolute atomic E-state index is 0.386. The van der Waals surface area contributed by atoms with Gasteiger partial charge in [-0.3, -0.25) is 0 Å². The molecule has 0 radical (unpaired) electrons. The van der Waals surface area contributed by atoms with Crippen LogP contribution in [0, 0.1) is 6.92 Å². The van der Waals surface area contributed by atoms with E-state index >= 15 is 0 Å². The standard InChI is InChI=1S/C15H19N3O2.C2H6/c1-11-10-14(18-15(17-11)20-3)16-9-8-12-4-6-13(19-2)7-5-12;1-2/h4-7,10H,8-9H2,1-3H3,(H,16,17,18);1-2H3. The number of anilines is 1. The molecule has 1 heterocycles. The second-order valence-corrected chi connectivity index (χ2v) is 4.41. The van der Waals surface area contributed by atoms with Gasteiger partial charge in [-0.05, 0) is 31.0 Å². The van der Waals surface area contributed by atoms with E-state index in [4.69, 9.17) is 9.47 Å². The van der Waals surface area contributed by atoms with Gasteiger partial charge in [0.2, 0.25) is 0 Å². The number of nitrogens with one attached hydrogen (secondary N) is 1. The summed E-state index contributed by atoms with van der Waals surface area (Å²) in [6.45, 7) is 6.71. The van der Waals surface area contributed by atoms with E-state index in [0.29, 0.717) is 6.01 Å². The Balaban J connectivity index is 0.00000116. The second-order valence-electron chi connectivity index (χ2n) is 4.41. The van der Waals surface area contributed by atoms with Crippen molar-refractivity contribution in [3.8, 4) is 11.8 Å². The summed E-state index contributed by atoms with van der Waals surface area (Å²) in [6, 6.07) is 10.3. The Kier molecular flexibility index (Phi) is 7.75. The average Bonchev–Trinajstić information content (AvgIpc) is 2.57. The van der Waals surface area contributed by atoms with Crippen molar-refractivity contribution in [2.45, 2.75) is 27.2 Å². The van der Waals surface area contributed by atoms with Crippen LogP contribution in [-0.4, -0.2) is 30.7 Å². The minimum Gasteiger partial charge on any atom is -0.497 e. The lowest BCUT2D eigenvalue weighted by molar-refractivity contribution is 0.379. The van der Waals surface area contributed by atoms with Gasteiger partial charge in [0, 0.05) is 18.3 Å². The Morgan fingerprint density at radius 1 is 1.00 bits per heavy atom. The molecule has 1 aromatic heterocycles. The van der Waals surface area contributed by atoms with Gasteiger partial charge in [0.25, 0.3) is 0 Å². The Labute approximate surface area is 132 Å². The summed E-state index contributed by atoms with van der Waals surface area (Å²) < 4.78 is 10.2. The Morgan fingerprint density at radius 3 is 2.27 bits per heavy atom. The SMILES string of the molecule is CC.COc1ccc(CCNc2cc(C)nc(OC)n2)cc1. The molecule has 0 amide bonds. The van der Waals surface area contributed by atoms with Crippen LogP contribution in [0.1, 0.15) is 25.1 Å². The van der Waals surface area contributed by atoms with Crippen molar-refractivity contribution < 1.29 is 9.47 Å². The molecule has 0 spiro atoms. The van der Waals surface area contributed by atoms with E-state index in [-0.39, 0.29) is 0 Å². The molecule has 120 valence electrons. The highest BCUT2D eigenvalue weighted by Crippen LogP contribution is 2.13. The third-order valence-electron chi connectivity index (χ3n) is 2.90. The zero-order valence-electron chi connectivity index (χ0n) is 14.0. The highest BCUT2D eigenvalue weighted by Gasteiger charge is 2.01. The number of nitrogens with zero attached hydrogens (tertiary/aromatic N) is 2. The monoisotopic (exact) mass is 303 g/mol. The number of methoxy groups -OCH3 is 2. The molecule has 0 unspecified atom stereocenters. The lowest BCUT2D eigenvalue weighted by Crippen LogP contribution is -2.08. The summed E-state index contributed by atoms with van der Waals surface area (Å²) in [6.07, 6.45) is 0.912. The molecule has 5 heteroatoms. The van der Waals surface area contributed by atoms with Crippen molar-refractivity contribution >= 4 is 5.82 Å². The molecule has 0 aliphatic rings. The number of benzene rings is 1. The molecule has 0 aliphatic carbocycles. The summed E-state index contributed by atoms with van der Waals surface area (Å²) in [7, 11) is 3.23. The molecule has 2 aromatic rings. The predicted octanol–water partition coefficient (Wildman–Crippen LogP) is 3.48. The van der Waals surface area contributed by atoms with Crippen molar-refractivity contribution in [1.29, 1.82) is 0 Å². The summed E-state index contributed by atoms with van der Waals surface area (Å²) in [5.74, 6) is 1.65. The first-order chi connectivity index (χ1) is 10.7. The molecular formula is C17H25N3O2. The maximum absolute atomic E-state index is 5.14. The molecule has 5 nitrogen and oxygen atoms in total. The number of aryl methyl sites for hydroxylation is 1. The van der Waals surface area contributed by atoms with Crippen LogP contribution in [-0.2, 0) is 6.42 Å². The molecular weight excluding hydrogens is 278 g/mol. The van der Waals surface area contributed by atoms with Crippen LogP contribution < -0.4 is 14.8 Å². The molecule has 0 aliphatic heterocycles. The normalized spacial score (nSPS) is 9.50. The van der Waals surface area contributed by atoms with Gasteiger partial charge in [-0.1, -0.05) is 26.0 Å². The second kappa shape index (κ2) is 9.60.